The predicted molar refractivity (Wildman–Crippen MR) is 115 cm³/mol. The highest BCUT2D eigenvalue weighted by Gasteiger charge is 2.14. The lowest BCUT2D eigenvalue weighted by molar-refractivity contribution is 0.110. The Bertz CT molecular complexity index is 1190. The lowest BCUT2D eigenvalue weighted by atomic mass is 10.1. The third-order valence-corrected chi connectivity index (χ3v) is 5.26. The summed E-state index contributed by atoms with van der Waals surface area (Å²) in [6.45, 7) is 10.3. The standard InChI is InChI=1S/C23H24N4O2/c1-5-26(6-2)17-7-9-22(16(4)11-17)27-24-20-12-15(3)19(13-21(20)25-27)23-10-8-18(14-28)29-23/h7-14H,5-6H2,1-4H3. The molecule has 0 spiro atoms. The molecule has 29 heavy (non-hydrogen) atoms. The van der Waals surface area contributed by atoms with E-state index in [1.54, 1.807) is 16.9 Å². The Kier molecular flexibility index (Phi) is 4.92. The van der Waals surface area contributed by atoms with E-state index < -0.39 is 0 Å². The first-order valence-electron chi connectivity index (χ1n) is 9.83. The molecule has 0 aliphatic heterocycles. The smallest absolute Gasteiger partial charge is 0.185 e. The largest absolute Gasteiger partial charge is 0.453 e. The molecule has 6 nitrogen and oxygen atoms in total. The highest BCUT2D eigenvalue weighted by molar-refractivity contribution is 5.83. The van der Waals surface area contributed by atoms with Gasteiger partial charge in [-0.05, 0) is 81.3 Å². The molecule has 0 aliphatic rings. The SMILES string of the molecule is CCN(CC)c1ccc(-n2nc3cc(C)c(-c4ccc(C=O)o4)cc3n2)c(C)c1. The second-order valence-electron chi connectivity index (χ2n) is 7.11. The van der Waals surface area contributed by atoms with Crippen molar-refractivity contribution in [1.29, 1.82) is 0 Å². The van der Waals surface area contributed by atoms with Gasteiger partial charge in [0.05, 0.1) is 5.69 Å². The van der Waals surface area contributed by atoms with Gasteiger partial charge in [0.1, 0.15) is 16.8 Å². The average Bonchev–Trinajstić information content (AvgIpc) is 3.34. The van der Waals surface area contributed by atoms with Gasteiger partial charge in [0.25, 0.3) is 0 Å². The third-order valence-electron chi connectivity index (χ3n) is 5.26. The Hall–Kier alpha value is -3.41. The minimum absolute atomic E-state index is 0.312. The van der Waals surface area contributed by atoms with Crippen molar-refractivity contribution in [2.24, 2.45) is 0 Å². The summed E-state index contributed by atoms with van der Waals surface area (Å²) in [5.74, 6) is 0.966. The Morgan fingerprint density at radius 3 is 2.31 bits per heavy atom. The van der Waals surface area contributed by atoms with E-state index in [0.717, 1.165) is 46.5 Å². The summed E-state index contributed by atoms with van der Waals surface area (Å²) in [4.78, 5) is 14.9. The molecule has 0 saturated heterocycles. The van der Waals surface area contributed by atoms with Gasteiger partial charge >= 0.3 is 0 Å². The quantitative estimate of drug-likeness (QED) is 0.437. The number of nitrogens with zero attached hydrogens (tertiary/aromatic N) is 4. The third kappa shape index (κ3) is 3.42. The zero-order valence-corrected chi connectivity index (χ0v) is 17.1. The number of aromatic nitrogens is 3. The van der Waals surface area contributed by atoms with Crippen LogP contribution in [0.1, 0.15) is 35.5 Å². The van der Waals surface area contributed by atoms with Gasteiger partial charge < -0.3 is 9.32 Å². The molecule has 0 N–H and O–H groups in total. The maximum atomic E-state index is 10.9. The summed E-state index contributed by atoms with van der Waals surface area (Å²) in [6.07, 6.45) is 0.707. The molecule has 0 saturated carbocycles. The number of carbonyl (C=O) groups excluding carboxylic acids is 1. The number of fused-ring (bicyclic) bond motifs is 1. The van der Waals surface area contributed by atoms with E-state index in [4.69, 9.17) is 9.52 Å². The summed E-state index contributed by atoms with van der Waals surface area (Å²) < 4.78 is 5.59. The molecular weight excluding hydrogens is 364 g/mol. The molecule has 0 aliphatic carbocycles. The second kappa shape index (κ2) is 7.54. The average molecular weight is 388 g/mol. The molecule has 0 fully saturated rings. The van der Waals surface area contributed by atoms with Crippen molar-refractivity contribution in [2.45, 2.75) is 27.7 Å². The molecule has 6 heteroatoms. The van der Waals surface area contributed by atoms with Gasteiger partial charge in [-0.15, -0.1) is 10.2 Å². The highest BCUT2D eigenvalue weighted by atomic mass is 16.3. The van der Waals surface area contributed by atoms with Gasteiger partial charge in [0.15, 0.2) is 12.0 Å². The monoisotopic (exact) mass is 388 g/mol. The van der Waals surface area contributed by atoms with E-state index >= 15 is 0 Å². The van der Waals surface area contributed by atoms with Crippen molar-refractivity contribution >= 4 is 23.0 Å². The number of aryl methyl sites for hydroxylation is 2. The molecule has 2 aromatic carbocycles. The van der Waals surface area contributed by atoms with E-state index in [0.29, 0.717) is 17.8 Å². The molecule has 0 radical (unpaired) electrons. The van der Waals surface area contributed by atoms with Crippen LogP contribution in [0.25, 0.3) is 28.0 Å². The summed E-state index contributed by atoms with van der Waals surface area (Å²) in [5, 5.41) is 9.37. The molecule has 4 rings (SSSR count). The van der Waals surface area contributed by atoms with Crippen LogP contribution in [0.2, 0.25) is 0 Å². The Morgan fingerprint density at radius 1 is 0.966 bits per heavy atom. The fraction of sp³-hybridized carbons (Fsp3) is 0.261. The molecule has 0 unspecified atom stereocenters. The molecular formula is C23H24N4O2. The predicted octanol–water partition coefficient (Wildman–Crippen LogP) is 4.96. The van der Waals surface area contributed by atoms with Crippen molar-refractivity contribution in [3.8, 4) is 17.0 Å². The highest BCUT2D eigenvalue weighted by Crippen LogP contribution is 2.29. The number of hydrogen-bond acceptors (Lipinski definition) is 5. The number of aldehydes is 1. The van der Waals surface area contributed by atoms with Crippen molar-refractivity contribution in [3.05, 3.63) is 59.4 Å². The maximum Gasteiger partial charge on any atom is 0.185 e. The van der Waals surface area contributed by atoms with Gasteiger partial charge in [-0.2, -0.15) is 4.80 Å². The number of furan rings is 1. The van der Waals surface area contributed by atoms with E-state index in [1.165, 1.54) is 5.69 Å². The first-order valence-corrected chi connectivity index (χ1v) is 9.83. The van der Waals surface area contributed by atoms with Gasteiger partial charge in [-0.25, -0.2) is 0 Å². The van der Waals surface area contributed by atoms with Crippen molar-refractivity contribution < 1.29 is 9.21 Å². The number of anilines is 1. The number of benzene rings is 2. The van der Waals surface area contributed by atoms with Crippen LogP contribution in [0, 0.1) is 13.8 Å². The second-order valence-corrected chi connectivity index (χ2v) is 7.11. The van der Waals surface area contributed by atoms with Gasteiger partial charge in [0.2, 0.25) is 0 Å². The van der Waals surface area contributed by atoms with E-state index in [-0.39, 0.29) is 0 Å². The molecule has 4 aromatic rings. The van der Waals surface area contributed by atoms with Crippen LogP contribution in [-0.4, -0.2) is 34.4 Å². The first-order chi connectivity index (χ1) is 14.0. The van der Waals surface area contributed by atoms with Crippen LogP contribution >= 0.6 is 0 Å². The Morgan fingerprint density at radius 2 is 1.69 bits per heavy atom. The lowest BCUT2D eigenvalue weighted by Gasteiger charge is -2.22. The molecule has 2 heterocycles. The van der Waals surface area contributed by atoms with Crippen LogP contribution in [0.3, 0.4) is 0 Å². The van der Waals surface area contributed by atoms with Crippen molar-refractivity contribution in [3.63, 3.8) is 0 Å². The van der Waals surface area contributed by atoms with Crippen LogP contribution in [0.15, 0.2) is 46.9 Å². The lowest BCUT2D eigenvalue weighted by Crippen LogP contribution is -2.21. The fourth-order valence-electron chi connectivity index (χ4n) is 3.65. The molecule has 2 aromatic heterocycles. The maximum absolute atomic E-state index is 10.9. The fourth-order valence-corrected chi connectivity index (χ4v) is 3.65. The zero-order chi connectivity index (χ0) is 20.5. The van der Waals surface area contributed by atoms with Crippen LogP contribution in [0.4, 0.5) is 5.69 Å². The number of carbonyl (C=O) groups is 1. The van der Waals surface area contributed by atoms with Crippen LogP contribution in [-0.2, 0) is 0 Å². The Balaban J connectivity index is 1.75. The van der Waals surface area contributed by atoms with Crippen molar-refractivity contribution in [2.75, 3.05) is 18.0 Å². The van der Waals surface area contributed by atoms with E-state index in [9.17, 15) is 4.79 Å². The van der Waals surface area contributed by atoms with E-state index in [2.05, 4.69) is 49.0 Å². The molecule has 0 bridgehead atoms. The van der Waals surface area contributed by atoms with Crippen LogP contribution < -0.4 is 4.90 Å². The Labute approximate surface area is 169 Å². The number of hydrogen-bond donors (Lipinski definition) is 0. The topological polar surface area (TPSA) is 64.2 Å². The molecule has 0 amide bonds. The van der Waals surface area contributed by atoms with E-state index in [1.807, 2.05) is 19.1 Å². The minimum Gasteiger partial charge on any atom is -0.453 e. The van der Waals surface area contributed by atoms with Crippen LogP contribution in [0.5, 0.6) is 0 Å². The number of rotatable bonds is 6. The van der Waals surface area contributed by atoms with Gasteiger partial charge in [-0.1, -0.05) is 0 Å². The zero-order valence-electron chi connectivity index (χ0n) is 17.1. The summed E-state index contributed by atoms with van der Waals surface area (Å²) in [7, 11) is 0. The van der Waals surface area contributed by atoms with Gasteiger partial charge in [-0.3, -0.25) is 4.79 Å². The van der Waals surface area contributed by atoms with Gasteiger partial charge in [0, 0.05) is 24.3 Å². The summed E-state index contributed by atoms with van der Waals surface area (Å²) in [5.41, 5.74) is 6.81. The summed E-state index contributed by atoms with van der Waals surface area (Å²) >= 11 is 0. The minimum atomic E-state index is 0.312. The normalized spacial score (nSPS) is 11.2. The first kappa shape index (κ1) is 18.9. The summed E-state index contributed by atoms with van der Waals surface area (Å²) in [6, 6.07) is 13.8. The van der Waals surface area contributed by atoms with Crippen molar-refractivity contribution in [1.82, 2.24) is 15.0 Å². The molecule has 0 atom stereocenters. The molecule has 148 valence electrons.